The molecule has 1 saturated heterocycles. The number of unbranched alkanes of at least 4 members (excludes halogenated alkanes) is 1. The van der Waals surface area contributed by atoms with Crippen molar-refractivity contribution in [3.8, 4) is 0 Å². The van der Waals surface area contributed by atoms with Crippen LogP contribution in [-0.2, 0) is 32.0 Å². The summed E-state index contributed by atoms with van der Waals surface area (Å²) < 4.78 is 1.42. The Morgan fingerprint density at radius 2 is 1.40 bits per heavy atom. The molecule has 52 heavy (non-hydrogen) atoms. The lowest BCUT2D eigenvalue weighted by atomic mass is 10.0. The molecule has 2 aromatic carbocycles. The smallest absolute Gasteiger partial charge is 0.249 e. The van der Waals surface area contributed by atoms with Gasteiger partial charge in [-0.25, -0.2) is 0 Å². The standard InChI is InChI=1S/C36H54IN11O4/c1-4-5-17-27(31(49)45-29(24-43-35(38)39)33(51)46-18-12-19-47(21-20-46)36(40)42-3)44-32(50)30(23-26-15-10-7-11-16-26)48(37)34(52)28(41-2)22-25-13-8-6-9-14-25/h6-11,13-16,27-30,41H,4-5,12,17-24H2,1-3H3,(H2,40,42)(H,44,50)(H,45,49)(H4,38,39,43)/t27-,28+,29-,30-/m1/s1. The van der Waals surface area contributed by atoms with Gasteiger partial charge in [-0.05, 0) is 37.4 Å². The average molecular weight is 832 g/mol. The van der Waals surface area contributed by atoms with Crippen LogP contribution in [0.4, 0.5) is 0 Å². The van der Waals surface area contributed by atoms with Crippen LogP contribution in [0.1, 0.15) is 43.7 Å². The van der Waals surface area contributed by atoms with Crippen LogP contribution in [0.5, 0.6) is 0 Å². The Morgan fingerprint density at radius 1 is 0.827 bits per heavy atom. The van der Waals surface area contributed by atoms with E-state index in [2.05, 4.69) is 25.9 Å². The van der Waals surface area contributed by atoms with Gasteiger partial charge in [0.2, 0.25) is 23.6 Å². The number of amides is 4. The van der Waals surface area contributed by atoms with E-state index in [9.17, 15) is 19.2 Å². The number of hydrogen-bond donors (Lipinski definition) is 6. The first kappa shape index (κ1) is 42.0. The predicted molar refractivity (Wildman–Crippen MR) is 212 cm³/mol. The Labute approximate surface area is 320 Å². The maximum Gasteiger partial charge on any atom is 0.249 e. The fourth-order valence-electron chi connectivity index (χ4n) is 5.91. The maximum atomic E-state index is 14.2. The SMILES string of the molecule is CCCC[C@@H](NC(=O)[C@@H](Cc1ccccc1)N(I)C(=O)[C@H](Cc1ccccc1)NC)C(=O)N[C@H](CN=C(N)N)C(=O)N1CCCN(C(N)=NC)CC1. The van der Waals surface area contributed by atoms with E-state index < -0.39 is 36.0 Å². The van der Waals surface area contributed by atoms with E-state index in [0.29, 0.717) is 57.8 Å². The summed E-state index contributed by atoms with van der Waals surface area (Å²) >= 11 is 1.90. The van der Waals surface area contributed by atoms with Gasteiger partial charge in [0.15, 0.2) is 11.9 Å². The summed E-state index contributed by atoms with van der Waals surface area (Å²) in [6, 6.07) is 15.4. The fourth-order valence-corrected chi connectivity index (χ4v) is 6.69. The number of carbonyl (C=O) groups is 4. The molecule has 0 radical (unpaired) electrons. The van der Waals surface area contributed by atoms with Crippen molar-refractivity contribution >= 4 is 58.4 Å². The molecule has 2 aromatic rings. The number of nitrogens with zero attached hydrogens (tertiary/aromatic N) is 5. The number of guanidine groups is 2. The molecule has 1 aliphatic rings. The summed E-state index contributed by atoms with van der Waals surface area (Å²) in [6.07, 6.45) is 2.99. The molecular formula is C36H54IN11O4. The van der Waals surface area contributed by atoms with E-state index in [1.807, 2.05) is 95.4 Å². The number of nitrogens with one attached hydrogen (secondary N) is 3. The average Bonchev–Trinajstić information content (AvgIpc) is 3.42. The summed E-state index contributed by atoms with van der Waals surface area (Å²) in [5, 5.41) is 8.85. The molecule has 1 fully saturated rings. The fraction of sp³-hybridized carbons (Fsp3) is 0.500. The highest BCUT2D eigenvalue weighted by atomic mass is 127. The molecule has 0 saturated carbocycles. The van der Waals surface area contributed by atoms with Gasteiger partial charge in [-0.2, -0.15) is 0 Å². The van der Waals surface area contributed by atoms with Crippen molar-refractivity contribution in [3.63, 3.8) is 0 Å². The van der Waals surface area contributed by atoms with Gasteiger partial charge >= 0.3 is 0 Å². The number of carbonyl (C=O) groups excluding carboxylic acids is 4. The summed E-state index contributed by atoms with van der Waals surface area (Å²) in [4.78, 5) is 67.6. The van der Waals surface area contributed by atoms with Gasteiger partial charge in [-0.1, -0.05) is 80.4 Å². The van der Waals surface area contributed by atoms with Gasteiger partial charge in [-0.15, -0.1) is 0 Å². The summed E-state index contributed by atoms with van der Waals surface area (Å²) in [7, 11) is 3.33. The molecule has 0 unspecified atom stereocenters. The van der Waals surface area contributed by atoms with Gasteiger partial charge in [0.05, 0.1) is 35.5 Å². The second-order valence-corrected chi connectivity index (χ2v) is 13.7. The van der Waals surface area contributed by atoms with Crippen molar-refractivity contribution in [2.75, 3.05) is 46.8 Å². The number of nitrogens with two attached hydrogens (primary N) is 3. The molecule has 4 atom stereocenters. The molecule has 0 aliphatic carbocycles. The number of halogens is 1. The van der Waals surface area contributed by atoms with Crippen molar-refractivity contribution in [3.05, 3.63) is 71.8 Å². The number of aliphatic imine (C=N–C) groups is 2. The van der Waals surface area contributed by atoms with Gasteiger partial charge in [0.1, 0.15) is 18.1 Å². The van der Waals surface area contributed by atoms with Crippen LogP contribution >= 0.6 is 22.9 Å². The predicted octanol–water partition coefficient (Wildman–Crippen LogP) is 0.519. The molecule has 0 aromatic heterocycles. The Morgan fingerprint density at radius 3 is 1.98 bits per heavy atom. The largest absolute Gasteiger partial charge is 0.370 e. The zero-order valence-corrected chi connectivity index (χ0v) is 32.5. The number of hydrogen-bond acceptors (Lipinski definition) is 7. The maximum absolute atomic E-state index is 14.2. The van der Waals surface area contributed by atoms with Crippen LogP contribution < -0.4 is 33.2 Å². The number of benzene rings is 2. The molecule has 15 nitrogen and oxygen atoms in total. The van der Waals surface area contributed by atoms with Gasteiger partial charge in [0.25, 0.3) is 0 Å². The van der Waals surface area contributed by atoms with Crippen molar-refractivity contribution in [1.82, 2.24) is 28.9 Å². The summed E-state index contributed by atoms with van der Waals surface area (Å²) in [6.45, 7) is 3.70. The Kier molecular flexibility index (Phi) is 17.6. The van der Waals surface area contributed by atoms with Crippen molar-refractivity contribution in [2.24, 2.45) is 27.2 Å². The van der Waals surface area contributed by atoms with Crippen LogP contribution in [0.15, 0.2) is 70.6 Å². The third-order valence-electron chi connectivity index (χ3n) is 8.90. The first-order valence-electron chi connectivity index (χ1n) is 17.6. The minimum absolute atomic E-state index is 0.181. The summed E-state index contributed by atoms with van der Waals surface area (Å²) in [5.41, 5.74) is 19.1. The molecule has 4 amide bonds. The minimum Gasteiger partial charge on any atom is -0.370 e. The van der Waals surface area contributed by atoms with E-state index in [-0.39, 0.29) is 30.7 Å². The van der Waals surface area contributed by atoms with Crippen LogP contribution in [-0.4, -0.2) is 119 Å². The van der Waals surface area contributed by atoms with E-state index in [0.717, 1.165) is 17.5 Å². The first-order valence-corrected chi connectivity index (χ1v) is 18.6. The monoisotopic (exact) mass is 831 g/mol. The Hall–Kier alpha value is -4.45. The minimum atomic E-state index is -1.09. The molecule has 9 N–H and O–H groups in total. The lowest BCUT2D eigenvalue weighted by Crippen LogP contribution is -2.58. The highest BCUT2D eigenvalue weighted by Crippen LogP contribution is 2.18. The van der Waals surface area contributed by atoms with Crippen molar-refractivity contribution in [1.29, 1.82) is 0 Å². The topological polar surface area (TPSA) is 217 Å². The van der Waals surface area contributed by atoms with Gasteiger partial charge < -0.3 is 43.0 Å². The van der Waals surface area contributed by atoms with E-state index in [1.165, 1.54) is 3.11 Å². The molecule has 1 aliphatic heterocycles. The van der Waals surface area contributed by atoms with Gasteiger partial charge in [0, 0.05) is 39.6 Å². The quantitative estimate of drug-likeness (QED) is 0.0567. The van der Waals surface area contributed by atoms with E-state index in [1.54, 1.807) is 19.0 Å². The second kappa shape index (κ2) is 21.8. The molecule has 16 heteroatoms. The molecule has 1 heterocycles. The third kappa shape index (κ3) is 13.0. The Balaban J connectivity index is 1.84. The van der Waals surface area contributed by atoms with Gasteiger partial charge in [-0.3, -0.25) is 32.3 Å². The first-order chi connectivity index (χ1) is 25.0. The second-order valence-electron chi connectivity index (χ2n) is 12.7. The zero-order chi connectivity index (χ0) is 38.0. The lowest BCUT2D eigenvalue weighted by Gasteiger charge is -2.31. The summed E-state index contributed by atoms with van der Waals surface area (Å²) in [5.74, 6) is -1.50. The zero-order valence-electron chi connectivity index (χ0n) is 30.3. The highest BCUT2D eigenvalue weighted by Gasteiger charge is 2.36. The molecular weight excluding hydrogens is 777 g/mol. The van der Waals surface area contributed by atoms with Crippen LogP contribution in [0, 0.1) is 0 Å². The lowest BCUT2D eigenvalue weighted by molar-refractivity contribution is -0.138. The molecule has 284 valence electrons. The molecule has 0 bridgehead atoms. The van der Waals surface area contributed by atoms with Crippen LogP contribution in [0.3, 0.4) is 0 Å². The van der Waals surface area contributed by atoms with Crippen molar-refractivity contribution in [2.45, 2.75) is 69.6 Å². The molecule has 3 rings (SSSR count). The van der Waals surface area contributed by atoms with E-state index >= 15 is 0 Å². The highest BCUT2D eigenvalue weighted by molar-refractivity contribution is 14.1. The van der Waals surface area contributed by atoms with Crippen molar-refractivity contribution < 1.29 is 19.2 Å². The molecule has 0 spiro atoms. The number of likely N-dealkylation sites (N-methyl/N-ethyl adjacent to an activating group) is 1. The Bertz CT molecular complexity index is 1510. The normalized spacial score (nSPS) is 15.7. The van der Waals surface area contributed by atoms with Crippen LogP contribution in [0.2, 0.25) is 0 Å². The third-order valence-corrected chi connectivity index (χ3v) is 10.0. The van der Waals surface area contributed by atoms with E-state index in [4.69, 9.17) is 17.2 Å². The number of rotatable bonds is 17. The van der Waals surface area contributed by atoms with Crippen LogP contribution in [0.25, 0.3) is 0 Å².